The fourth-order valence-corrected chi connectivity index (χ4v) is 2.72. The van der Waals surface area contributed by atoms with Crippen LogP contribution in [0.15, 0.2) is 0 Å². The van der Waals surface area contributed by atoms with E-state index in [2.05, 4.69) is 26.1 Å². The maximum absolute atomic E-state index is 11.2. The lowest BCUT2D eigenvalue weighted by Gasteiger charge is -2.29. The molecule has 2 fully saturated rings. The molecule has 12 heavy (non-hydrogen) atoms. The van der Waals surface area contributed by atoms with Gasteiger partial charge < -0.3 is 5.32 Å². The minimum Gasteiger partial charge on any atom is -0.353 e. The number of piperidine rings is 1. The lowest BCUT2D eigenvalue weighted by molar-refractivity contribution is -0.124. The summed E-state index contributed by atoms with van der Waals surface area (Å²) < 4.78 is 0. The van der Waals surface area contributed by atoms with Gasteiger partial charge in [-0.2, -0.15) is 0 Å². The van der Waals surface area contributed by atoms with Crippen LogP contribution in [0, 0.1) is 17.3 Å². The largest absolute Gasteiger partial charge is 0.353 e. The highest BCUT2D eigenvalue weighted by molar-refractivity contribution is 5.78. The Balaban J connectivity index is 2.28. The molecule has 3 atom stereocenters. The van der Waals surface area contributed by atoms with Crippen LogP contribution in [0.4, 0.5) is 0 Å². The van der Waals surface area contributed by atoms with E-state index < -0.39 is 0 Å². The van der Waals surface area contributed by atoms with Crippen molar-refractivity contribution < 1.29 is 4.79 Å². The SMILES string of the molecule is CC1C2CC(CC(=O)N2)C1(C)C. The molecule has 1 saturated carbocycles. The Morgan fingerprint density at radius 1 is 1.50 bits per heavy atom. The number of carbonyl (C=O) groups excluding carboxylic acids is 1. The highest BCUT2D eigenvalue weighted by Crippen LogP contribution is 2.50. The second kappa shape index (κ2) is 2.24. The first kappa shape index (κ1) is 8.09. The van der Waals surface area contributed by atoms with E-state index in [4.69, 9.17) is 0 Å². The number of amides is 1. The van der Waals surface area contributed by atoms with Gasteiger partial charge in [-0.1, -0.05) is 20.8 Å². The van der Waals surface area contributed by atoms with E-state index >= 15 is 0 Å². The third-order valence-corrected chi connectivity index (χ3v) is 4.15. The first-order valence-electron chi connectivity index (χ1n) is 4.81. The molecule has 2 bridgehead atoms. The molecule has 1 aliphatic carbocycles. The van der Waals surface area contributed by atoms with Crippen LogP contribution < -0.4 is 5.32 Å². The van der Waals surface area contributed by atoms with E-state index in [-0.39, 0.29) is 5.91 Å². The van der Waals surface area contributed by atoms with Gasteiger partial charge in [-0.25, -0.2) is 0 Å². The summed E-state index contributed by atoms with van der Waals surface area (Å²) in [5.74, 6) is 1.51. The number of hydrogen-bond donors (Lipinski definition) is 1. The lowest BCUT2D eigenvalue weighted by atomic mass is 9.75. The summed E-state index contributed by atoms with van der Waals surface area (Å²) in [7, 11) is 0. The summed E-state index contributed by atoms with van der Waals surface area (Å²) >= 11 is 0. The fourth-order valence-electron chi connectivity index (χ4n) is 2.72. The van der Waals surface area contributed by atoms with E-state index in [0.29, 0.717) is 23.3 Å². The summed E-state index contributed by atoms with van der Waals surface area (Å²) in [5, 5.41) is 3.07. The molecule has 0 spiro atoms. The van der Waals surface area contributed by atoms with Crippen LogP contribution in [0.2, 0.25) is 0 Å². The predicted octanol–water partition coefficient (Wildman–Crippen LogP) is 1.56. The van der Waals surface area contributed by atoms with E-state index in [1.807, 2.05) is 0 Å². The monoisotopic (exact) mass is 167 g/mol. The summed E-state index contributed by atoms with van der Waals surface area (Å²) in [5.41, 5.74) is 0.351. The normalized spacial score (nSPS) is 44.2. The van der Waals surface area contributed by atoms with Gasteiger partial charge in [0.05, 0.1) is 0 Å². The number of carbonyl (C=O) groups is 1. The van der Waals surface area contributed by atoms with Gasteiger partial charge in [0.2, 0.25) is 5.91 Å². The molecular weight excluding hydrogens is 150 g/mol. The van der Waals surface area contributed by atoms with Crippen LogP contribution in [0.3, 0.4) is 0 Å². The van der Waals surface area contributed by atoms with Gasteiger partial charge in [0.1, 0.15) is 0 Å². The van der Waals surface area contributed by atoms with Crippen LogP contribution >= 0.6 is 0 Å². The summed E-state index contributed by atoms with van der Waals surface area (Å²) in [6.45, 7) is 6.85. The molecule has 2 rings (SSSR count). The van der Waals surface area contributed by atoms with Gasteiger partial charge in [0.25, 0.3) is 0 Å². The minimum absolute atomic E-state index is 0.258. The Hall–Kier alpha value is -0.530. The number of hydrogen-bond acceptors (Lipinski definition) is 1. The Kier molecular flexibility index (Phi) is 1.51. The molecular formula is C10H17NO. The maximum Gasteiger partial charge on any atom is 0.220 e. The van der Waals surface area contributed by atoms with Crippen molar-refractivity contribution in [2.24, 2.45) is 17.3 Å². The molecule has 68 valence electrons. The van der Waals surface area contributed by atoms with Gasteiger partial charge in [-0.15, -0.1) is 0 Å². The van der Waals surface area contributed by atoms with Crippen molar-refractivity contribution in [1.82, 2.24) is 5.32 Å². The Morgan fingerprint density at radius 2 is 2.17 bits per heavy atom. The molecule has 0 aromatic rings. The zero-order valence-corrected chi connectivity index (χ0v) is 8.05. The molecule has 2 aliphatic rings. The molecule has 0 aromatic heterocycles. The van der Waals surface area contributed by atoms with Crippen LogP contribution in [-0.2, 0) is 4.79 Å². The highest BCUT2D eigenvalue weighted by atomic mass is 16.1. The molecule has 2 heteroatoms. The molecule has 3 unspecified atom stereocenters. The van der Waals surface area contributed by atoms with Crippen LogP contribution in [0.5, 0.6) is 0 Å². The number of fused-ring (bicyclic) bond motifs is 2. The maximum atomic E-state index is 11.2. The average Bonchev–Trinajstić information content (AvgIpc) is 2.14. The van der Waals surface area contributed by atoms with Gasteiger partial charge >= 0.3 is 0 Å². The van der Waals surface area contributed by atoms with Crippen molar-refractivity contribution in [2.75, 3.05) is 0 Å². The molecule has 1 heterocycles. The lowest BCUT2D eigenvalue weighted by Crippen LogP contribution is -2.39. The average molecular weight is 167 g/mol. The molecule has 0 radical (unpaired) electrons. The van der Waals surface area contributed by atoms with E-state index in [0.717, 1.165) is 6.42 Å². The first-order chi connectivity index (χ1) is 5.51. The highest BCUT2D eigenvalue weighted by Gasteiger charge is 2.50. The van der Waals surface area contributed by atoms with Crippen molar-refractivity contribution in [3.8, 4) is 0 Å². The minimum atomic E-state index is 0.258. The van der Waals surface area contributed by atoms with E-state index in [1.165, 1.54) is 6.42 Å². The molecule has 1 aliphatic heterocycles. The third-order valence-electron chi connectivity index (χ3n) is 4.15. The number of nitrogens with one attached hydrogen (secondary N) is 1. The van der Waals surface area contributed by atoms with Crippen LogP contribution in [0.25, 0.3) is 0 Å². The van der Waals surface area contributed by atoms with Crippen LogP contribution in [-0.4, -0.2) is 11.9 Å². The molecule has 1 amide bonds. The second-order valence-corrected chi connectivity index (χ2v) is 4.92. The van der Waals surface area contributed by atoms with Gasteiger partial charge in [-0.05, 0) is 23.7 Å². The topological polar surface area (TPSA) is 29.1 Å². The summed E-state index contributed by atoms with van der Waals surface area (Å²) in [4.78, 5) is 11.2. The third kappa shape index (κ3) is 0.900. The molecule has 1 saturated heterocycles. The van der Waals surface area contributed by atoms with Crippen molar-refractivity contribution in [3.05, 3.63) is 0 Å². The zero-order valence-electron chi connectivity index (χ0n) is 8.05. The van der Waals surface area contributed by atoms with E-state index in [1.54, 1.807) is 0 Å². The van der Waals surface area contributed by atoms with Gasteiger partial charge in [0, 0.05) is 12.5 Å². The van der Waals surface area contributed by atoms with Crippen molar-refractivity contribution in [3.63, 3.8) is 0 Å². The molecule has 0 aromatic carbocycles. The predicted molar refractivity (Wildman–Crippen MR) is 47.6 cm³/mol. The standard InChI is InChI=1S/C10H17NO/c1-6-8-4-7(10(6,2)3)5-9(12)11-8/h6-8H,4-5H2,1-3H3,(H,11,12). The summed E-state index contributed by atoms with van der Waals surface area (Å²) in [6, 6.07) is 0.450. The van der Waals surface area contributed by atoms with Crippen molar-refractivity contribution >= 4 is 5.91 Å². The van der Waals surface area contributed by atoms with Crippen LogP contribution in [0.1, 0.15) is 33.6 Å². The summed E-state index contributed by atoms with van der Waals surface area (Å²) in [6.07, 6.45) is 1.94. The van der Waals surface area contributed by atoms with Gasteiger partial charge in [0.15, 0.2) is 0 Å². The smallest absolute Gasteiger partial charge is 0.220 e. The zero-order chi connectivity index (χ0) is 8.93. The fraction of sp³-hybridized carbons (Fsp3) is 0.900. The second-order valence-electron chi connectivity index (χ2n) is 4.92. The van der Waals surface area contributed by atoms with E-state index in [9.17, 15) is 4.79 Å². The first-order valence-corrected chi connectivity index (χ1v) is 4.81. The molecule has 2 nitrogen and oxygen atoms in total. The Bertz CT molecular complexity index is 222. The Morgan fingerprint density at radius 3 is 2.75 bits per heavy atom. The van der Waals surface area contributed by atoms with Crippen molar-refractivity contribution in [2.45, 2.75) is 39.7 Å². The quantitative estimate of drug-likeness (QED) is 0.583. The van der Waals surface area contributed by atoms with Gasteiger partial charge in [-0.3, -0.25) is 4.79 Å². The van der Waals surface area contributed by atoms with Crippen molar-refractivity contribution in [1.29, 1.82) is 0 Å². The molecule has 1 N–H and O–H groups in total. The Labute approximate surface area is 73.7 Å². The number of rotatable bonds is 0.